The fraction of sp³-hybridized carbons (Fsp3) is 0.571. The quantitative estimate of drug-likeness (QED) is 0.830. The van der Waals surface area contributed by atoms with Crippen LogP contribution in [0.4, 0.5) is 22.4 Å². The first kappa shape index (κ1) is 17.5. The van der Waals surface area contributed by atoms with Crippen LogP contribution in [0.2, 0.25) is 0 Å². The number of carbonyl (C=O) groups is 1. The van der Waals surface area contributed by atoms with Crippen LogP contribution >= 0.6 is 0 Å². The van der Waals surface area contributed by atoms with Crippen LogP contribution in [-0.2, 0) is 16.5 Å². The lowest BCUT2D eigenvalue weighted by Crippen LogP contribution is -2.42. The number of nitrogens with two attached hydrogens (primary N) is 1. The first-order chi connectivity index (χ1) is 10.4. The summed E-state index contributed by atoms with van der Waals surface area (Å²) in [4.78, 5) is 15.4. The Morgan fingerprint density at radius 3 is 2.52 bits per heavy atom. The maximum Gasteiger partial charge on any atom is 0.419 e. The summed E-state index contributed by atoms with van der Waals surface area (Å²) >= 11 is 0. The van der Waals surface area contributed by atoms with Crippen molar-refractivity contribution in [2.75, 3.05) is 6.61 Å². The van der Waals surface area contributed by atoms with Crippen molar-refractivity contribution in [1.82, 2.24) is 10.3 Å². The Kier molecular flexibility index (Phi) is 4.27. The lowest BCUT2D eigenvalue weighted by Gasteiger charge is -2.21. The zero-order valence-electron chi connectivity index (χ0n) is 12.6. The molecule has 1 fully saturated rings. The minimum atomic E-state index is -4.83. The van der Waals surface area contributed by atoms with Gasteiger partial charge in [0, 0.05) is 5.54 Å². The van der Waals surface area contributed by atoms with Crippen molar-refractivity contribution in [3.05, 3.63) is 29.3 Å². The van der Waals surface area contributed by atoms with E-state index in [9.17, 15) is 22.4 Å². The van der Waals surface area contributed by atoms with Crippen molar-refractivity contribution in [3.63, 3.8) is 0 Å². The number of carbonyl (C=O) groups excluding carboxylic acids is 1. The molecule has 0 saturated heterocycles. The van der Waals surface area contributed by atoms with Crippen molar-refractivity contribution < 1.29 is 27.1 Å². The van der Waals surface area contributed by atoms with E-state index in [1.165, 1.54) is 0 Å². The van der Waals surface area contributed by atoms with Gasteiger partial charge in [-0.2, -0.15) is 13.2 Å². The van der Waals surface area contributed by atoms with Gasteiger partial charge < -0.3 is 15.8 Å². The van der Waals surface area contributed by atoms with Crippen molar-refractivity contribution >= 4 is 6.09 Å². The molecule has 2 rings (SSSR count). The number of hydrogen-bond acceptors (Lipinski definition) is 4. The molecule has 5 nitrogen and oxygen atoms in total. The van der Waals surface area contributed by atoms with Gasteiger partial charge in [-0.05, 0) is 32.8 Å². The molecule has 128 valence electrons. The van der Waals surface area contributed by atoms with E-state index in [1.807, 2.05) is 0 Å². The van der Waals surface area contributed by atoms with Gasteiger partial charge in [0.05, 0.1) is 23.0 Å². The molecule has 0 bridgehead atoms. The van der Waals surface area contributed by atoms with E-state index in [0.717, 1.165) is 0 Å². The average molecular weight is 335 g/mol. The molecule has 1 aliphatic rings. The van der Waals surface area contributed by atoms with Crippen LogP contribution in [0.5, 0.6) is 0 Å². The Balaban J connectivity index is 2.14. The molecular formula is C14H17F4N3O2. The third kappa shape index (κ3) is 4.31. The second kappa shape index (κ2) is 5.63. The van der Waals surface area contributed by atoms with Crippen molar-refractivity contribution in [2.24, 2.45) is 5.73 Å². The highest BCUT2D eigenvalue weighted by atomic mass is 19.4. The molecule has 0 aromatic carbocycles. The van der Waals surface area contributed by atoms with E-state index in [0.29, 0.717) is 25.1 Å². The Hall–Kier alpha value is -1.90. The summed E-state index contributed by atoms with van der Waals surface area (Å²) in [5, 5.41) is 2.49. The highest BCUT2D eigenvalue weighted by Crippen LogP contribution is 2.46. The predicted molar refractivity (Wildman–Crippen MR) is 72.9 cm³/mol. The second-order valence-electron chi connectivity index (χ2n) is 6.32. The van der Waals surface area contributed by atoms with E-state index in [-0.39, 0.29) is 12.3 Å². The van der Waals surface area contributed by atoms with Gasteiger partial charge in [-0.25, -0.2) is 9.18 Å². The van der Waals surface area contributed by atoms with Gasteiger partial charge in [0.1, 0.15) is 6.61 Å². The van der Waals surface area contributed by atoms with Crippen LogP contribution in [0, 0.1) is 5.82 Å². The number of pyridine rings is 1. The molecule has 9 heteroatoms. The highest BCUT2D eigenvalue weighted by molar-refractivity contribution is 5.69. The van der Waals surface area contributed by atoms with Crippen LogP contribution in [0.25, 0.3) is 0 Å². The number of ether oxygens (including phenoxy) is 1. The number of amides is 1. The second-order valence-corrected chi connectivity index (χ2v) is 6.32. The van der Waals surface area contributed by atoms with E-state index < -0.39 is 34.7 Å². The van der Waals surface area contributed by atoms with E-state index in [4.69, 9.17) is 10.5 Å². The van der Waals surface area contributed by atoms with Crippen molar-refractivity contribution in [3.8, 4) is 0 Å². The molecule has 1 aliphatic carbocycles. The lowest BCUT2D eigenvalue weighted by atomic mass is 10.1. The monoisotopic (exact) mass is 335 g/mol. The number of nitrogens with zero attached hydrogens (tertiary/aromatic N) is 1. The average Bonchev–Trinajstić information content (AvgIpc) is 3.15. The Bertz CT molecular complexity index is 607. The minimum Gasteiger partial charge on any atom is -0.448 e. The largest absolute Gasteiger partial charge is 0.448 e. The normalized spacial score (nSPS) is 16.8. The third-order valence-corrected chi connectivity index (χ3v) is 3.32. The molecule has 1 amide bonds. The molecule has 1 aromatic heterocycles. The first-order valence-corrected chi connectivity index (χ1v) is 6.90. The number of rotatable bonds is 4. The minimum absolute atomic E-state index is 0.0461. The van der Waals surface area contributed by atoms with Gasteiger partial charge in [-0.1, -0.05) is 0 Å². The number of hydrogen-bond donors (Lipinski definition) is 2. The molecule has 1 saturated carbocycles. The summed E-state index contributed by atoms with van der Waals surface area (Å²) < 4.78 is 56.5. The fourth-order valence-electron chi connectivity index (χ4n) is 1.97. The van der Waals surface area contributed by atoms with Crippen LogP contribution in [0.1, 0.15) is 37.9 Å². The van der Waals surface area contributed by atoms with E-state index >= 15 is 0 Å². The maximum absolute atomic E-state index is 13.3. The Morgan fingerprint density at radius 1 is 1.43 bits per heavy atom. The topological polar surface area (TPSA) is 77.2 Å². The molecule has 0 unspecified atom stereocenters. The van der Waals surface area contributed by atoms with E-state index in [2.05, 4.69) is 10.3 Å². The number of alkyl halides is 3. The van der Waals surface area contributed by atoms with Gasteiger partial charge in [0.15, 0.2) is 5.82 Å². The zero-order valence-corrected chi connectivity index (χ0v) is 12.6. The van der Waals surface area contributed by atoms with Crippen LogP contribution in [0.3, 0.4) is 0 Å². The molecule has 23 heavy (non-hydrogen) atoms. The summed E-state index contributed by atoms with van der Waals surface area (Å²) in [7, 11) is 0. The molecule has 1 heterocycles. The Morgan fingerprint density at radius 2 is 2.04 bits per heavy atom. The molecule has 0 aliphatic heterocycles. The van der Waals surface area contributed by atoms with Crippen LogP contribution in [0.15, 0.2) is 12.3 Å². The van der Waals surface area contributed by atoms with Gasteiger partial charge >= 0.3 is 12.3 Å². The zero-order chi connectivity index (χ0) is 17.5. The first-order valence-electron chi connectivity index (χ1n) is 6.90. The predicted octanol–water partition coefficient (Wildman–Crippen LogP) is 2.69. The summed E-state index contributed by atoms with van der Waals surface area (Å²) in [6.45, 7) is 3.26. The van der Waals surface area contributed by atoms with Crippen molar-refractivity contribution in [1.29, 1.82) is 0 Å². The van der Waals surface area contributed by atoms with Gasteiger partial charge in [-0.3, -0.25) is 4.98 Å². The molecule has 0 radical (unpaired) electrons. The summed E-state index contributed by atoms with van der Waals surface area (Å²) in [5.41, 5.74) is 2.44. The summed E-state index contributed by atoms with van der Waals surface area (Å²) in [6, 6.07) is 0.621. The standard InChI is InChI=1S/C14H17F4N3O2/c1-12(2,19)7-23-11(22)21-13(3-4-13)10-5-8(14(16,17)18)9(15)6-20-10/h5-6H,3-4,7,19H2,1-2H3,(H,21,22). The fourth-order valence-corrected chi connectivity index (χ4v) is 1.97. The van der Waals surface area contributed by atoms with Gasteiger partial charge in [-0.15, -0.1) is 0 Å². The summed E-state index contributed by atoms with van der Waals surface area (Å²) in [6.07, 6.45) is -4.34. The highest BCUT2D eigenvalue weighted by Gasteiger charge is 2.49. The van der Waals surface area contributed by atoms with Gasteiger partial charge in [0.25, 0.3) is 0 Å². The van der Waals surface area contributed by atoms with Gasteiger partial charge in [0.2, 0.25) is 0 Å². The summed E-state index contributed by atoms with van der Waals surface area (Å²) in [5.74, 6) is -1.45. The lowest BCUT2D eigenvalue weighted by molar-refractivity contribution is -0.140. The molecule has 1 aromatic rings. The van der Waals surface area contributed by atoms with Crippen LogP contribution < -0.4 is 11.1 Å². The maximum atomic E-state index is 13.3. The smallest absolute Gasteiger partial charge is 0.419 e. The van der Waals surface area contributed by atoms with E-state index in [1.54, 1.807) is 13.8 Å². The number of halogens is 4. The third-order valence-electron chi connectivity index (χ3n) is 3.32. The molecule has 0 atom stereocenters. The SMILES string of the molecule is CC(C)(N)COC(=O)NC1(c2cc(C(F)(F)F)c(F)cn2)CC1. The molecule has 3 N–H and O–H groups in total. The number of nitrogens with one attached hydrogen (secondary N) is 1. The Labute approximate surface area is 130 Å². The number of alkyl carbamates (subject to hydrolysis) is 1. The van der Waals surface area contributed by atoms with Crippen LogP contribution in [-0.4, -0.2) is 23.2 Å². The van der Waals surface area contributed by atoms with Crippen molar-refractivity contribution in [2.45, 2.75) is 43.9 Å². The molecular weight excluding hydrogens is 318 g/mol. The molecule has 0 spiro atoms. The number of aromatic nitrogens is 1.